The van der Waals surface area contributed by atoms with E-state index in [4.69, 9.17) is 9.47 Å². The number of nitrogens with zero attached hydrogens (tertiary/aromatic N) is 1. The normalized spacial score (nSPS) is 23.2. The van der Waals surface area contributed by atoms with Crippen molar-refractivity contribution in [2.75, 3.05) is 13.3 Å². The molecule has 6 nitrogen and oxygen atoms in total. The van der Waals surface area contributed by atoms with Crippen LogP contribution in [0.2, 0.25) is 0 Å². The maximum atomic E-state index is 12.4. The molecule has 1 aromatic rings. The van der Waals surface area contributed by atoms with Gasteiger partial charge in [-0.25, -0.2) is 0 Å². The van der Waals surface area contributed by atoms with E-state index in [-0.39, 0.29) is 19.1 Å². The fraction of sp³-hybridized carbons (Fsp3) is 0.529. The second-order valence-electron chi connectivity index (χ2n) is 5.95. The highest BCUT2D eigenvalue weighted by atomic mass is 16.7. The molecule has 0 saturated carbocycles. The van der Waals surface area contributed by atoms with Gasteiger partial charge < -0.3 is 19.5 Å². The van der Waals surface area contributed by atoms with Crippen LogP contribution in [0.15, 0.2) is 18.2 Å². The number of carbonyl (C=O) groups excluding carboxylic acids is 1. The number of carboxylic acids is 1. The molecule has 2 aliphatic rings. The molecular weight excluding hydrogens is 298 g/mol. The minimum absolute atomic E-state index is 0.0115. The fourth-order valence-electron chi connectivity index (χ4n) is 3.37. The predicted octanol–water partition coefficient (Wildman–Crippen LogP) is 2.58. The highest BCUT2D eigenvalue weighted by Gasteiger charge is 2.42. The first-order valence-corrected chi connectivity index (χ1v) is 8.04. The molecule has 1 N–H and O–H groups in total. The molecule has 124 valence electrons. The van der Waals surface area contributed by atoms with Crippen molar-refractivity contribution in [2.45, 2.75) is 38.6 Å². The zero-order valence-corrected chi connectivity index (χ0v) is 13.2. The maximum Gasteiger partial charge on any atom is 0.308 e. The number of rotatable bonds is 5. The smallest absolute Gasteiger partial charge is 0.308 e. The Morgan fingerprint density at radius 3 is 2.96 bits per heavy atom. The lowest BCUT2D eigenvalue weighted by Crippen LogP contribution is -2.45. The molecule has 2 aliphatic heterocycles. The predicted molar refractivity (Wildman–Crippen MR) is 82.3 cm³/mol. The fourth-order valence-corrected chi connectivity index (χ4v) is 3.37. The summed E-state index contributed by atoms with van der Waals surface area (Å²) in [4.78, 5) is 25.9. The van der Waals surface area contributed by atoms with E-state index in [0.29, 0.717) is 24.5 Å². The molecule has 1 aromatic carbocycles. The number of para-hydroxylation sites is 1. The molecule has 1 saturated heterocycles. The number of hydrogen-bond donors (Lipinski definition) is 1. The summed E-state index contributed by atoms with van der Waals surface area (Å²) in [5, 5.41) is 9.64. The van der Waals surface area contributed by atoms with E-state index in [1.165, 1.54) is 0 Å². The second kappa shape index (κ2) is 6.48. The first kappa shape index (κ1) is 15.6. The Kier molecular flexibility index (Phi) is 4.41. The number of carboxylic acid groups (broad SMARTS) is 1. The molecule has 6 heteroatoms. The molecule has 0 spiro atoms. The first-order valence-electron chi connectivity index (χ1n) is 8.04. The largest absolute Gasteiger partial charge is 0.481 e. The van der Waals surface area contributed by atoms with E-state index < -0.39 is 17.9 Å². The lowest BCUT2D eigenvalue weighted by atomic mass is 9.83. The number of ether oxygens (including phenoxy) is 2. The van der Waals surface area contributed by atoms with E-state index in [0.717, 1.165) is 18.4 Å². The van der Waals surface area contributed by atoms with Crippen molar-refractivity contribution in [1.82, 2.24) is 4.90 Å². The van der Waals surface area contributed by atoms with Crippen molar-refractivity contribution in [3.05, 3.63) is 23.8 Å². The monoisotopic (exact) mass is 319 g/mol. The molecule has 0 aliphatic carbocycles. The molecule has 3 rings (SSSR count). The van der Waals surface area contributed by atoms with Crippen LogP contribution in [0.3, 0.4) is 0 Å². The van der Waals surface area contributed by atoms with Gasteiger partial charge in [0, 0.05) is 18.5 Å². The molecule has 0 aromatic heterocycles. The number of benzene rings is 1. The van der Waals surface area contributed by atoms with E-state index >= 15 is 0 Å². The zero-order chi connectivity index (χ0) is 16.4. The summed E-state index contributed by atoms with van der Waals surface area (Å²) in [6, 6.07) is 4.95. The SMILES string of the molecule is CCCCN1C(=O)CCC(C(=O)O)C1c1cccc2c1OCO2. The quantitative estimate of drug-likeness (QED) is 0.902. The van der Waals surface area contributed by atoms with Crippen LogP contribution < -0.4 is 9.47 Å². The van der Waals surface area contributed by atoms with Gasteiger partial charge >= 0.3 is 5.97 Å². The summed E-state index contributed by atoms with van der Waals surface area (Å²) in [6.07, 6.45) is 2.43. The number of piperidine rings is 1. The minimum Gasteiger partial charge on any atom is -0.481 e. The van der Waals surface area contributed by atoms with Gasteiger partial charge in [0.2, 0.25) is 12.7 Å². The Balaban J connectivity index is 2.03. The summed E-state index contributed by atoms with van der Waals surface area (Å²) in [5.74, 6) is -0.307. The molecule has 1 amide bonds. The zero-order valence-electron chi connectivity index (χ0n) is 13.2. The molecule has 0 radical (unpaired) electrons. The van der Waals surface area contributed by atoms with E-state index in [2.05, 4.69) is 6.92 Å². The van der Waals surface area contributed by atoms with Gasteiger partial charge in [0.25, 0.3) is 0 Å². The van der Waals surface area contributed by atoms with Gasteiger partial charge in [-0.1, -0.05) is 25.5 Å². The molecule has 2 heterocycles. The molecule has 23 heavy (non-hydrogen) atoms. The van der Waals surface area contributed by atoms with E-state index in [1.54, 1.807) is 11.0 Å². The van der Waals surface area contributed by atoms with Crippen LogP contribution in [0.1, 0.15) is 44.2 Å². The van der Waals surface area contributed by atoms with Crippen molar-refractivity contribution >= 4 is 11.9 Å². The van der Waals surface area contributed by atoms with Crippen molar-refractivity contribution in [2.24, 2.45) is 5.92 Å². The van der Waals surface area contributed by atoms with Gasteiger partial charge in [-0.3, -0.25) is 9.59 Å². The lowest BCUT2D eigenvalue weighted by Gasteiger charge is -2.40. The molecule has 1 fully saturated rings. The van der Waals surface area contributed by atoms with Gasteiger partial charge in [0.15, 0.2) is 11.5 Å². The minimum atomic E-state index is -0.875. The summed E-state index contributed by atoms with van der Waals surface area (Å²) in [6.45, 7) is 2.74. The summed E-state index contributed by atoms with van der Waals surface area (Å²) in [5.41, 5.74) is 0.733. The number of unbranched alkanes of at least 4 members (excludes halogenated alkanes) is 1. The maximum absolute atomic E-state index is 12.4. The van der Waals surface area contributed by atoms with Gasteiger partial charge in [-0.2, -0.15) is 0 Å². The van der Waals surface area contributed by atoms with Crippen LogP contribution in [0.4, 0.5) is 0 Å². The third kappa shape index (κ3) is 2.85. The van der Waals surface area contributed by atoms with E-state index in [9.17, 15) is 14.7 Å². The van der Waals surface area contributed by atoms with Crippen LogP contribution in [0.5, 0.6) is 11.5 Å². The standard InChI is InChI=1S/C17H21NO5/c1-2-3-9-18-14(19)8-7-12(17(20)21)15(18)11-5-4-6-13-16(11)23-10-22-13/h4-6,12,15H,2-3,7-10H2,1H3,(H,20,21). The van der Waals surface area contributed by atoms with Crippen LogP contribution >= 0.6 is 0 Å². The van der Waals surface area contributed by atoms with Crippen LogP contribution in [-0.4, -0.2) is 35.2 Å². The Hall–Kier alpha value is -2.24. The molecule has 0 bridgehead atoms. The topological polar surface area (TPSA) is 76.1 Å². The highest BCUT2D eigenvalue weighted by molar-refractivity contribution is 5.82. The number of aliphatic carboxylic acids is 1. The van der Waals surface area contributed by atoms with Crippen LogP contribution in [0.25, 0.3) is 0 Å². The van der Waals surface area contributed by atoms with Crippen molar-refractivity contribution < 1.29 is 24.2 Å². The first-order chi connectivity index (χ1) is 11.1. The summed E-state index contributed by atoms with van der Waals surface area (Å²) in [7, 11) is 0. The second-order valence-corrected chi connectivity index (χ2v) is 5.95. The van der Waals surface area contributed by atoms with Gasteiger partial charge in [0.05, 0.1) is 12.0 Å². The van der Waals surface area contributed by atoms with Gasteiger partial charge in [-0.05, 0) is 18.9 Å². The summed E-state index contributed by atoms with van der Waals surface area (Å²) >= 11 is 0. The lowest BCUT2D eigenvalue weighted by molar-refractivity contribution is -0.152. The molecule has 2 atom stereocenters. The third-order valence-electron chi connectivity index (χ3n) is 4.52. The average Bonchev–Trinajstić information content (AvgIpc) is 3.01. The Morgan fingerprint density at radius 2 is 2.22 bits per heavy atom. The Bertz CT molecular complexity index is 615. The van der Waals surface area contributed by atoms with Gasteiger partial charge in [0.1, 0.15) is 0 Å². The van der Waals surface area contributed by atoms with Crippen LogP contribution in [-0.2, 0) is 9.59 Å². The number of fused-ring (bicyclic) bond motifs is 1. The number of carbonyl (C=O) groups is 2. The molecule has 2 unspecified atom stereocenters. The number of likely N-dealkylation sites (tertiary alicyclic amines) is 1. The Morgan fingerprint density at radius 1 is 1.39 bits per heavy atom. The third-order valence-corrected chi connectivity index (χ3v) is 4.52. The van der Waals surface area contributed by atoms with E-state index in [1.807, 2.05) is 12.1 Å². The number of amides is 1. The molecular formula is C17H21NO5. The van der Waals surface area contributed by atoms with Crippen LogP contribution in [0, 0.1) is 5.92 Å². The number of hydrogen-bond acceptors (Lipinski definition) is 4. The average molecular weight is 319 g/mol. The van der Waals surface area contributed by atoms with Crippen molar-refractivity contribution in [3.63, 3.8) is 0 Å². The van der Waals surface area contributed by atoms with Crippen molar-refractivity contribution in [3.8, 4) is 11.5 Å². The van der Waals surface area contributed by atoms with Crippen molar-refractivity contribution in [1.29, 1.82) is 0 Å². The van der Waals surface area contributed by atoms with Gasteiger partial charge in [-0.15, -0.1) is 0 Å². The Labute approximate surface area is 135 Å². The highest BCUT2D eigenvalue weighted by Crippen LogP contribution is 2.45. The summed E-state index contributed by atoms with van der Waals surface area (Å²) < 4.78 is 10.9.